The molecule has 0 aromatic heterocycles. The van der Waals surface area contributed by atoms with Gasteiger partial charge in [-0.25, -0.2) is 0 Å². The Morgan fingerprint density at radius 1 is 1.24 bits per heavy atom. The van der Waals surface area contributed by atoms with Crippen LogP contribution in [0.1, 0.15) is 32.8 Å². The smallest absolute Gasteiger partial charge is 0.329 e. The van der Waals surface area contributed by atoms with Crippen LogP contribution in [0.5, 0.6) is 5.75 Å². The predicted octanol–water partition coefficient (Wildman–Crippen LogP) is 1.95. The van der Waals surface area contributed by atoms with E-state index in [0.717, 1.165) is 49.9 Å². The molecule has 4 aliphatic heterocycles. The van der Waals surface area contributed by atoms with Gasteiger partial charge in [0, 0.05) is 51.6 Å². The van der Waals surface area contributed by atoms with E-state index in [1.54, 1.807) is 5.06 Å². The first kappa shape index (κ1) is 23.3. The van der Waals surface area contributed by atoms with Crippen LogP contribution in [0.3, 0.4) is 0 Å². The van der Waals surface area contributed by atoms with Crippen molar-refractivity contribution in [3.8, 4) is 5.75 Å². The highest BCUT2D eigenvalue weighted by molar-refractivity contribution is 8.04. The lowest BCUT2D eigenvalue weighted by atomic mass is 9.94. The Balaban J connectivity index is 1.39. The number of ether oxygens (including phenoxy) is 1. The van der Waals surface area contributed by atoms with Gasteiger partial charge in [0.25, 0.3) is 5.91 Å². The predicted molar refractivity (Wildman–Crippen MR) is 131 cm³/mol. The number of amides is 1. The van der Waals surface area contributed by atoms with Crippen molar-refractivity contribution in [3.63, 3.8) is 0 Å². The topological polar surface area (TPSA) is 77.6 Å². The Kier molecular flexibility index (Phi) is 6.16. The van der Waals surface area contributed by atoms with Gasteiger partial charge in [0.1, 0.15) is 12.4 Å². The first-order chi connectivity index (χ1) is 16.2. The molecule has 4 heterocycles. The van der Waals surface area contributed by atoms with Crippen molar-refractivity contribution < 1.29 is 19.2 Å². The number of hydroxylamine groups is 2. The third-order valence-corrected chi connectivity index (χ3v) is 7.95. The number of nitrogens with one attached hydrogen (secondary N) is 1. The first-order valence-electron chi connectivity index (χ1n) is 11.8. The van der Waals surface area contributed by atoms with Crippen molar-refractivity contribution in [3.05, 3.63) is 34.4 Å². The number of carbonyl (C=O) groups excluding carboxylic acids is 2. The summed E-state index contributed by atoms with van der Waals surface area (Å²) in [5, 5.41) is 4.69. The van der Waals surface area contributed by atoms with E-state index in [0.29, 0.717) is 24.5 Å². The van der Waals surface area contributed by atoms with Gasteiger partial charge in [0.15, 0.2) is 5.50 Å². The highest BCUT2D eigenvalue weighted by atomic mass is 32.2. The van der Waals surface area contributed by atoms with E-state index in [2.05, 4.69) is 45.3 Å². The lowest BCUT2D eigenvalue weighted by Crippen LogP contribution is -2.50. The van der Waals surface area contributed by atoms with Crippen LogP contribution in [0, 0.1) is 0 Å². The fourth-order valence-electron chi connectivity index (χ4n) is 4.93. The molecule has 184 valence electrons. The number of fused-ring (bicyclic) bond motifs is 1. The van der Waals surface area contributed by atoms with Crippen LogP contribution in [0.15, 0.2) is 28.8 Å². The zero-order valence-electron chi connectivity index (χ0n) is 20.3. The van der Waals surface area contributed by atoms with Gasteiger partial charge in [-0.3, -0.25) is 14.5 Å². The molecule has 10 heteroatoms. The minimum atomic E-state index is -0.412. The maximum absolute atomic E-state index is 12.8. The van der Waals surface area contributed by atoms with Gasteiger partial charge in [-0.1, -0.05) is 17.8 Å². The van der Waals surface area contributed by atoms with Crippen molar-refractivity contribution >= 4 is 29.3 Å². The number of piperazine rings is 1. The van der Waals surface area contributed by atoms with Gasteiger partial charge in [-0.2, -0.15) is 5.06 Å². The number of benzene rings is 1. The molecular formula is C24H33N5O4S. The Morgan fingerprint density at radius 3 is 2.74 bits per heavy atom. The summed E-state index contributed by atoms with van der Waals surface area (Å²) in [7, 11) is 2.16. The molecule has 1 aromatic rings. The van der Waals surface area contributed by atoms with Gasteiger partial charge in [-0.15, -0.1) is 0 Å². The third kappa shape index (κ3) is 4.58. The number of anilines is 1. The summed E-state index contributed by atoms with van der Waals surface area (Å²) in [4.78, 5) is 38.1. The second-order valence-corrected chi connectivity index (χ2v) is 11.1. The zero-order chi connectivity index (χ0) is 24.0. The molecule has 1 saturated heterocycles. The third-order valence-electron chi connectivity index (χ3n) is 6.64. The van der Waals surface area contributed by atoms with Gasteiger partial charge in [0.2, 0.25) is 0 Å². The summed E-state index contributed by atoms with van der Waals surface area (Å²) in [5.74, 6) is 0.307. The highest BCUT2D eigenvalue weighted by Crippen LogP contribution is 2.48. The van der Waals surface area contributed by atoms with Gasteiger partial charge in [-0.05, 0) is 38.6 Å². The number of likely N-dealkylation sites (N-methyl/N-ethyl adjacent to an activating group) is 1. The number of hydrogen-bond donors (Lipinski definition) is 1. The van der Waals surface area contributed by atoms with Crippen LogP contribution < -0.4 is 15.0 Å². The summed E-state index contributed by atoms with van der Waals surface area (Å²) in [6, 6.07) is 6.37. The monoisotopic (exact) mass is 487 g/mol. The molecule has 9 nitrogen and oxygen atoms in total. The second-order valence-electron chi connectivity index (χ2n) is 10.1. The van der Waals surface area contributed by atoms with Crippen LogP contribution in [0.25, 0.3) is 0 Å². The van der Waals surface area contributed by atoms with Gasteiger partial charge >= 0.3 is 5.97 Å². The maximum atomic E-state index is 12.8. The van der Waals surface area contributed by atoms with Crippen LogP contribution in [0.2, 0.25) is 0 Å². The highest BCUT2D eigenvalue weighted by Gasteiger charge is 2.47. The van der Waals surface area contributed by atoms with Gasteiger partial charge < -0.3 is 24.7 Å². The maximum Gasteiger partial charge on any atom is 0.329 e. The molecule has 0 bridgehead atoms. The molecular weight excluding hydrogens is 454 g/mol. The van der Waals surface area contributed by atoms with Crippen molar-refractivity contribution in [1.82, 2.24) is 20.2 Å². The van der Waals surface area contributed by atoms with Crippen LogP contribution >= 0.6 is 11.8 Å². The Bertz CT molecular complexity index is 1020. The molecule has 1 N–H and O–H groups in total. The number of nitrogens with zero attached hydrogens (tertiary/aromatic N) is 4. The second kappa shape index (κ2) is 8.98. The molecule has 1 atom stereocenters. The van der Waals surface area contributed by atoms with Crippen molar-refractivity contribution in [1.29, 1.82) is 0 Å². The van der Waals surface area contributed by atoms with Crippen molar-refractivity contribution in [2.24, 2.45) is 0 Å². The average Bonchev–Trinajstić information content (AvgIpc) is 3.11. The number of thioether (sulfide) groups is 1. The minimum Gasteiger partial charge on any atom is -0.490 e. The molecule has 0 spiro atoms. The minimum absolute atomic E-state index is 0.119. The first-order valence-corrected chi connectivity index (χ1v) is 12.7. The van der Waals surface area contributed by atoms with Crippen molar-refractivity contribution in [2.75, 3.05) is 51.3 Å². The van der Waals surface area contributed by atoms with Gasteiger partial charge in [0.05, 0.1) is 22.8 Å². The Morgan fingerprint density at radius 2 is 2.00 bits per heavy atom. The summed E-state index contributed by atoms with van der Waals surface area (Å²) in [6.07, 6.45) is 0.589. The van der Waals surface area contributed by atoms with E-state index in [-0.39, 0.29) is 11.4 Å². The molecule has 34 heavy (non-hydrogen) atoms. The van der Waals surface area contributed by atoms with E-state index in [9.17, 15) is 9.59 Å². The fraction of sp³-hybridized carbons (Fsp3) is 0.583. The number of hydrogen-bond acceptors (Lipinski definition) is 9. The molecule has 0 saturated carbocycles. The van der Waals surface area contributed by atoms with E-state index in [1.807, 2.05) is 13.8 Å². The van der Waals surface area contributed by atoms with E-state index >= 15 is 0 Å². The quantitative estimate of drug-likeness (QED) is 0.686. The summed E-state index contributed by atoms with van der Waals surface area (Å²) >= 11 is 1.43. The van der Waals surface area contributed by atoms with Crippen LogP contribution in [-0.2, 0) is 21.0 Å². The standard InChI is InChI=1S/C24H33N5O4S/c1-16(30)33-29-19-14-24(2,3)25-22(31)21(19)34-23(29)28-11-12-32-20-13-17(5-6-18(20)28)15-27-9-7-26(4)8-10-27/h5-6,13,23H,7-12,14-15H2,1-4H3,(H,25,31). The molecule has 1 unspecified atom stereocenters. The average molecular weight is 488 g/mol. The molecule has 0 aliphatic carbocycles. The lowest BCUT2D eigenvalue weighted by Gasteiger charge is -2.40. The molecule has 4 aliphatic rings. The molecule has 1 amide bonds. The summed E-state index contributed by atoms with van der Waals surface area (Å²) in [6.45, 7) is 11.7. The Labute approximate surface area is 205 Å². The largest absolute Gasteiger partial charge is 0.490 e. The lowest BCUT2D eigenvalue weighted by molar-refractivity contribution is -0.182. The van der Waals surface area contributed by atoms with Crippen LogP contribution in [-0.4, -0.2) is 84.2 Å². The molecule has 1 aromatic carbocycles. The molecule has 1 fully saturated rings. The summed E-state index contributed by atoms with van der Waals surface area (Å²) in [5.41, 5.74) is 2.16. The normalized spacial score (nSPS) is 24.9. The fourth-order valence-corrected chi connectivity index (χ4v) is 6.21. The molecule has 5 rings (SSSR count). The van der Waals surface area contributed by atoms with Crippen molar-refractivity contribution in [2.45, 2.75) is 44.8 Å². The number of carbonyl (C=O) groups is 2. The summed E-state index contributed by atoms with van der Waals surface area (Å²) < 4.78 is 6.05. The SMILES string of the molecule is CC(=O)ON1C2=C(SC1N1CCOc3cc(CN4CCN(C)CC4)ccc31)C(=O)NC(C)(C)C2. The number of rotatable bonds is 4. The van der Waals surface area contributed by atoms with Crippen LogP contribution in [0.4, 0.5) is 5.69 Å². The van der Waals surface area contributed by atoms with E-state index in [4.69, 9.17) is 9.57 Å². The van der Waals surface area contributed by atoms with E-state index in [1.165, 1.54) is 24.2 Å². The van der Waals surface area contributed by atoms with E-state index < -0.39 is 11.5 Å². The zero-order valence-corrected chi connectivity index (χ0v) is 21.1. The Hall–Kier alpha value is -2.43. The molecule has 0 radical (unpaired) electrons.